The first-order valence-corrected chi connectivity index (χ1v) is 13.2. The normalized spacial score (nSPS) is 16.3. The molecule has 0 radical (unpaired) electrons. The number of hydrogen-bond donors (Lipinski definition) is 1. The fraction of sp³-hybridized carbons (Fsp3) is 0.176. The lowest BCUT2D eigenvalue weighted by atomic mass is 9.94. The van der Waals surface area contributed by atoms with Gasteiger partial charge in [-0.05, 0) is 73.0 Å². The van der Waals surface area contributed by atoms with Crippen LogP contribution in [0, 0.1) is 13.8 Å². The number of amides is 1. The number of benzene rings is 4. The monoisotopic (exact) mass is 532 g/mol. The molecule has 1 aliphatic heterocycles. The topological polar surface area (TPSA) is 70.1 Å². The summed E-state index contributed by atoms with van der Waals surface area (Å²) in [6.07, 6.45) is 0. The summed E-state index contributed by atoms with van der Waals surface area (Å²) in [6, 6.07) is 29.5. The number of rotatable bonds is 7. The quantitative estimate of drug-likeness (QED) is 0.166. The van der Waals surface area contributed by atoms with Crippen LogP contribution in [0.5, 0.6) is 5.75 Å². The molecule has 1 unspecified atom stereocenters. The first-order valence-electron chi connectivity index (χ1n) is 13.2. The Labute approximate surface area is 234 Å². The minimum absolute atomic E-state index is 0.0560. The third kappa shape index (κ3) is 5.21. The number of hydrogen-bond acceptors (Lipinski definition) is 5. The van der Waals surface area contributed by atoms with Gasteiger partial charge >= 0.3 is 0 Å². The molecule has 202 valence electrons. The number of nitrogens with zero attached hydrogens (tertiary/aromatic N) is 2. The third-order valence-electron chi connectivity index (χ3n) is 7.17. The van der Waals surface area contributed by atoms with Crippen molar-refractivity contribution in [3.05, 3.63) is 130 Å². The second-order valence-corrected chi connectivity index (χ2v) is 10.2. The number of aliphatic hydroxyl groups is 1. The summed E-state index contributed by atoms with van der Waals surface area (Å²) in [5, 5.41) is 11.5. The number of ether oxygens (including phenoxy) is 1. The Morgan fingerprint density at radius 2 is 1.55 bits per heavy atom. The molecule has 1 aliphatic rings. The maximum absolute atomic E-state index is 13.5. The van der Waals surface area contributed by atoms with Crippen molar-refractivity contribution in [2.24, 2.45) is 0 Å². The number of aryl methyl sites for hydroxylation is 2. The van der Waals surface area contributed by atoms with Crippen LogP contribution in [0.3, 0.4) is 0 Å². The molecular formula is C34H32N2O4. The van der Waals surface area contributed by atoms with Crippen LogP contribution in [0.25, 0.3) is 5.76 Å². The Bertz CT molecular complexity index is 1570. The molecule has 6 nitrogen and oxygen atoms in total. The molecule has 1 amide bonds. The van der Waals surface area contributed by atoms with Crippen LogP contribution in [0.4, 0.5) is 11.4 Å². The smallest absolute Gasteiger partial charge is 0.300 e. The lowest BCUT2D eigenvalue weighted by molar-refractivity contribution is -0.132. The fourth-order valence-electron chi connectivity index (χ4n) is 4.92. The lowest BCUT2D eigenvalue weighted by Crippen LogP contribution is -2.29. The van der Waals surface area contributed by atoms with Crippen LogP contribution in [0.2, 0.25) is 0 Å². The molecule has 0 spiro atoms. The highest BCUT2D eigenvalue weighted by Crippen LogP contribution is 2.42. The van der Waals surface area contributed by atoms with Gasteiger partial charge in [-0.15, -0.1) is 0 Å². The van der Waals surface area contributed by atoms with Gasteiger partial charge in [-0.2, -0.15) is 0 Å². The van der Waals surface area contributed by atoms with E-state index in [1.54, 1.807) is 18.2 Å². The molecule has 0 aliphatic carbocycles. The van der Waals surface area contributed by atoms with Crippen molar-refractivity contribution >= 4 is 28.8 Å². The van der Waals surface area contributed by atoms with Crippen molar-refractivity contribution in [1.29, 1.82) is 0 Å². The molecule has 4 aromatic rings. The fourth-order valence-corrected chi connectivity index (χ4v) is 4.92. The minimum atomic E-state index is -0.784. The minimum Gasteiger partial charge on any atom is -0.507 e. The number of Topliss-reactive ketones (excluding diaryl/α,β-unsaturated/α-hetero) is 1. The first-order chi connectivity index (χ1) is 19.2. The van der Waals surface area contributed by atoms with Crippen LogP contribution in [-0.2, 0) is 16.2 Å². The van der Waals surface area contributed by atoms with E-state index in [-0.39, 0.29) is 11.3 Å². The molecule has 40 heavy (non-hydrogen) atoms. The van der Waals surface area contributed by atoms with Crippen molar-refractivity contribution in [2.45, 2.75) is 26.5 Å². The summed E-state index contributed by atoms with van der Waals surface area (Å²) in [4.78, 5) is 30.4. The van der Waals surface area contributed by atoms with Crippen molar-refractivity contribution < 1.29 is 19.4 Å². The molecule has 4 aromatic carbocycles. The van der Waals surface area contributed by atoms with E-state index in [0.29, 0.717) is 23.6 Å². The number of carbonyl (C=O) groups excluding carboxylic acids is 2. The van der Waals surface area contributed by atoms with Gasteiger partial charge in [-0.3, -0.25) is 14.5 Å². The van der Waals surface area contributed by atoms with Gasteiger partial charge in [0.25, 0.3) is 11.7 Å². The van der Waals surface area contributed by atoms with Crippen LogP contribution < -0.4 is 14.5 Å². The van der Waals surface area contributed by atoms with Crippen LogP contribution >= 0.6 is 0 Å². The van der Waals surface area contributed by atoms with E-state index < -0.39 is 17.7 Å². The Morgan fingerprint density at radius 1 is 0.875 bits per heavy atom. The van der Waals surface area contributed by atoms with E-state index >= 15 is 0 Å². The number of anilines is 2. The van der Waals surface area contributed by atoms with Gasteiger partial charge in [-0.1, -0.05) is 60.2 Å². The van der Waals surface area contributed by atoms with Crippen LogP contribution in [0.15, 0.2) is 103 Å². The lowest BCUT2D eigenvalue weighted by Gasteiger charge is -2.26. The summed E-state index contributed by atoms with van der Waals surface area (Å²) in [5.74, 6) is -0.933. The summed E-state index contributed by atoms with van der Waals surface area (Å²) < 4.78 is 6.00. The van der Waals surface area contributed by atoms with Crippen LogP contribution in [0.1, 0.15) is 33.9 Å². The number of ketones is 1. The standard InChI is InChI=1S/C34H32N2O4/c1-22-10-15-28(16-11-22)36-31(25-12-17-27(18-13-25)35(3)4)30(33(38)34(36)39)32(37)26-14-19-29(23(2)20-26)40-21-24-8-6-5-7-9-24/h5-20,31,37H,21H2,1-4H3/b32-30-. The molecule has 1 fully saturated rings. The average Bonchev–Trinajstić information content (AvgIpc) is 3.23. The summed E-state index contributed by atoms with van der Waals surface area (Å²) in [6.45, 7) is 4.27. The van der Waals surface area contributed by atoms with Gasteiger partial charge in [0.2, 0.25) is 0 Å². The van der Waals surface area contributed by atoms with Gasteiger partial charge in [0.15, 0.2) is 0 Å². The molecule has 6 heteroatoms. The maximum Gasteiger partial charge on any atom is 0.300 e. The molecular weight excluding hydrogens is 500 g/mol. The van der Waals surface area contributed by atoms with Crippen molar-refractivity contribution in [1.82, 2.24) is 0 Å². The van der Waals surface area contributed by atoms with Gasteiger partial charge in [-0.25, -0.2) is 0 Å². The Hall–Kier alpha value is -4.84. The maximum atomic E-state index is 13.5. The molecule has 1 atom stereocenters. The van der Waals surface area contributed by atoms with Gasteiger partial charge < -0.3 is 14.7 Å². The highest BCUT2D eigenvalue weighted by molar-refractivity contribution is 6.51. The van der Waals surface area contributed by atoms with E-state index in [0.717, 1.165) is 27.9 Å². The largest absolute Gasteiger partial charge is 0.507 e. The Balaban J connectivity index is 1.56. The first kappa shape index (κ1) is 26.8. The second kappa shape index (κ2) is 11.1. The zero-order valence-corrected chi connectivity index (χ0v) is 23.1. The molecule has 0 bridgehead atoms. The number of carbonyl (C=O) groups is 2. The van der Waals surface area contributed by atoms with Crippen LogP contribution in [-0.4, -0.2) is 30.9 Å². The van der Waals surface area contributed by atoms with Crippen molar-refractivity contribution in [3.63, 3.8) is 0 Å². The molecule has 1 N–H and O–H groups in total. The van der Waals surface area contributed by atoms with E-state index in [1.807, 2.05) is 112 Å². The summed E-state index contributed by atoms with van der Waals surface area (Å²) in [7, 11) is 3.89. The SMILES string of the molecule is Cc1ccc(N2C(=O)C(=O)/C(=C(\O)c3ccc(OCc4ccccc4)c(C)c3)C2c2ccc(N(C)C)cc2)cc1. The summed E-state index contributed by atoms with van der Waals surface area (Å²) in [5.41, 5.74) is 5.70. The predicted molar refractivity (Wildman–Crippen MR) is 159 cm³/mol. The highest BCUT2D eigenvalue weighted by Gasteiger charge is 2.47. The summed E-state index contributed by atoms with van der Waals surface area (Å²) >= 11 is 0. The third-order valence-corrected chi connectivity index (χ3v) is 7.17. The van der Waals surface area contributed by atoms with E-state index in [9.17, 15) is 14.7 Å². The van der Waals surface area contributed by atoms with E-state index in [2.05, 4.69) is 0 Å². The van der Waals surface area contributed by atoms with Gasteiger partial charge in [0, 0.05) is 31.0 Å². The predicted octanol–water partition coefficient (Wildman–Crippen LogP) is 6.57. The van der Waals surface area contributed by atoms with Gasteiger partial charge in [0.1, 0.15) is 18.1 Å². The van der Waals surface area contributed by atoms with Gasteiger partial charge in [0.05, 0.1) is 11.6 Å². The zero-order chi connectivity index (χ0) is 28.4. The highest BCUT2D eigenvalue weighted by atomic mass is 16.5. The molecule has 0 saturated carbocycles. The number of aliphatic hydroxyl groups excluding tert-OH is 1. The van der Waals surface area contributed by atoms with Crippen molar-refractivity contribution in [3.8, 4) is 5.75 Å². The molecule has 0 aromatic heterocycles. The zero-order valence-electron chi connectivity index (χ0n) is 23.1. The molecule has 1 heterocycles. The Morgan fingerprint density at radius 3 is 2.17 bits per heavy atom. The van der Waals surface area contributed by atoms with E-state index in [4.69, 9.17) is 4.74 Å². The van der Waals surface area contributed by atoms with E-state index in [1.165, 1.54) is 4.90 Å². The Kier molecular flexibility index (Phi) is 7.43. The average molecular weight is 533 g/mol. The second-order valence-electron chi connectivity index (χ2n) is 10.2. The van der Waals surface area contributed by atoms with Crippen molar-refractivity contribution in [2.75, 3.05) is 23.9 Å². The molecule has 1 saturated heterocycles. The molecule has 5 rings (SSSR count).